The fraction of sp³-hybridized carbons (Fsp3) is 0.115. The van der Waals surface area contributed by atoms with E-state index in [-0.39, 0.29) is 5.56 Å². The monoisotopic (exact) mass is 480 g/mol. The average molecular weight is 481 g/mol. The molecule has 0 fully saturated rings. The SMILES string of the molecule is Cc1ccc(C)c(-n2c(=O)c3ccccc3n3c(SCc4nc(-c5ccccc5)no4)nnc23)c1. The molecule has 0 aliphatic heterocycles. The van der Waals surface area contributed by atoms with E-state index in [0.717, 1.165) is 27.9 Å². The van der Waals surface area contributed by atoms with Crippen molar-refractivity contribution in [2.75, 3.05) is 0 Å². The van der Waals surface area contributed by atoms with E-state index in [9.17, 15) is 4.79 Å². The van der Waals surface area contributed by atoms with E-state index in [4.69, 9.17) is 4.52 Å². The number of nitrogens with zero attached hydrogens (tertiary/aromatic N) is 6. The second-order valence-electron chi connectivity index (χ2n) is 8.23. The first-order chi connectivity index (χ1) is 17.1. The Balaban J connectivity index is 1.45. The van der Waals surface area contributed by atoms with Gasteiger partial charge < -0.3 is 4.52 Å². The van der Waals surface area contributed by atoms with Crippen molar-refractivity contribution in [2.45, 2.75) is 24.8 Å². The van der Waals surface area contributed by atoms with E-state index in [1.54, 1.807) is 4.57 Å². The van der Waals surface area contributed by atoms with Crippen LogP contribution in [0.25, 0.3) is 33.8 Å². The zero-order chi connectivity index (χ0) is 23.9. The maximum absolute atomic E-state index is 13.6. The van der Waals surface area contributed by atoms with Gasteiger partial charge in [0.15, 0.2) is 5.16 Å². The van der Waals surface area contributed by atoms with Crippen LogP contribution in [0.4, 0.5) is 0 Å². The molecule has 9 heteroatoms. The lowest BCUT2D eigenvalue weighted by Crippen LogP contribution is -2.22. The Hall–Kier alpha value is -4.24. The zero-order valence-electron chi connectivity index (χ0n) is 19.0. The van der Waals surface area contributed by atoms with E-state index >= 15 is 0 Å². The van der Waals surface area contributed by atoms with E-state index in [2.05, 4.69) is 20.3 Å². The summed E-state index contributed by atoms with van der Waals surface area (Å²) in [6.45, 7) is 3.99. The van der Waals surface area contributed by atoms with Crippen molar-refractivity contribution in [3.8, 4) is 17.1 Å². The summed E-state index contributed by atoms with van der Waals surface area (Å²) in [7, 11) is 0. The highest BCUT2D eigenvalue weighted by atomic mass is 32.2. The Morgan fingerprint density at radius 1 is 0.943 bits per heavy atom. The third kappa shape index (κ3) is 3.70. The highest BCUT2D eigenvalue weighted by molar-refractivity contribution is 7.98. The minimum absolute atomic E-state index is 0.129. The summed E-state index contributed by atoms with van der Waals surface area (Å²) in [5.41, 5.74) is 4.34. The average Bonchev–Trinajstić information content (AvgIpc) is 3.53. The molecule has 8 nitrogen and oxygen atoms in total. The molecule has 0 saturated heterocycles. The van der Waals surface area contributed by atoms with Gasteiger partial charge in [-0.2, -0.15) is 4.98 Å². The van der Waals surface area contributed by atoms with Crippen LogP contribution in [0.3, 0.4) is 0 Å². The lowest BCUT2D eigenvalue weighted by molar-refractivity contribution is 0.391. The van der Waals surface area contributed by atoms with Crippen molar-refractivity contribution in [1.82, 2.24) is 29.3 Å². The number of aromatic nitrogens is 6. The topological polar surface area (TPSA) is 91.1 Å². The second kappa shape index (κ2) is 8.52. The molecule has 3 aromatic carbocycles. The summed E-state index contributed by atoms with van der Waals surface area (Å²) in [6, 6.07) is 23.2. The lowest BCUT2D eigenvalue weighted by Gasteiger charge is -2.13. The first-order valence-electron chi connectivity index (χ1n) is 11.1. The highest BCUT2D eigenvalue weighted by Gasteiger charge is 2.20. The number of hydrogen-bond donors (Lipinski definition) is 0. The maximum Gasteiger partial charge on any atom is 0.267 e. The Bertz CT molecular complexity index is 1750. The summed E-state index contributed by atoms with van der Waals surface area (Å²) in [5, 5.41) is 14.2. The fourth-order valence-electron chi connectivity index (χ4n) is 4.09. The van der Waals surface area contributed by atoms with Gasteiger partial charge in [-0.1, -0.05) is 71.5 Å². The third-order valence-corrected chi connectivity index (χ3v) is 6.74. The number of para-hydroxylation sites is 1. The highest BCUT2D eigenvalue weighted by Crippen LogP contribution is 2.27. The first-order valence-corrected chi connectivity index (χ1v) is 12.1. The second-order valence-corrected chi connectivity index (χ2v) is 9.17. The fourth-order valence-corrected chi connectivity index (χ4v) is 4.87. The molecule has 0 atom stereocenters. The molecule has 172 valence electrons. The van der Waals surface area contributed by atoms with Crippen LogP contribution in [-0.4, -0.2) is 29.3 Å². The zero-order valence-corrected chi connectivity index (χ0v) is 19.9. The van der Waals surface area contributed by atoms with E-state index < -0.39 is 0 Å². The molecular formula is C26H20N6O2S. The number of benzene rings is 3. The van der Waals surface area contributed by atoms with Gasteiger partial charge in [-0.25, -0.2) is 4.57 Å². The summed E-state index contributed by atoms with van der Waals surface area (Å²) in [4.78, 5) is 18.1. The molecule has 6 aromatic rings. The summed E-state index contributed by atoms with van der Waals surface area (Å²) in [5.74, 6) is 1.90. The van der Waals surface area contributed by atoms with Crippen LogP contribution in [0.15, 0.2) is 87.3 Å². The van der Waals surface area contributed by atoms with Crippen LogP contribution >= 0.6 is 11.8 Å². The molecular weight excluding hydrogens is 460 g/mol. The van der Waals surface area contributed by atoms with Crippen LogP contribution in [0.5, 0.6) is 0 Å². The largest absolute Gasteiger partial charge is 0.338 e. The standard InChI is InChI=1S/C26H20N6O2S/c1-16-12-13-17(2)21(14-16)31-24(33)19-10-6-7-11-20(19)32-25(31)28-29-26(32)35-15-22-27-23(30-34-22)18-8-4-3-5-9-18/h3-14H,15H2,1-2H3. The number of aryl methyl sites for hydroxylation is 2. The molecule has 6 rings (SSSR count). The van der Waals surface area contributed by atoms with Crippen molar-refractivity contribution in [1.29, 1.82) is 0 Å². The molecule has 0 N–H and O–H groups in total. The van der Waals surface area contributed by atoms with Gasteiger partial charge in [-0.05, 0) is 43.2 Å². The molecule has 0 bridgehead atoms. The van der Waals surface area contributed by atoms with Crippen LogP contribution in [0.2, 0.25) is 0 Å². The van der Waals surface area contributed by atoms with Gasteiger partial charge >= 0.3 is 0 Å². The predicted molar refractivity (Wildman–Crippen MR) is 135 cm³/mol. The molecule has 0 unspecified atom stereocenters. The lowest BCUT2D eigenvalue weighted by atomic mass is 10.1. The Kier molecular flexibility index (Phi) is 5.18. The Morgan fingerprint density at radius 3 is 2.60 bits per heavy atom. The van der Waals surface area contributed by atoms with Gasteiger partial charge in [0.05, 0.1) is 22.3 Å². The predicted octanol–water partition coefficient (Wildman–Crippen LogP) is 4.99. The number of rotatable bonds is 5. The van der Waals surface area contributed by atoms with Crippen molar-refractivity contribution < 1.29 is 4.52 Å². The molecule has 35 heavy (non-hydrogen) atoms. The van der Waals surface area contributed by atoms with Crippen molar-refractivity contribution in [3.63, 3.8) is 0 Å². The van der Waals surface area contributed by atoms with Crippen molar-refractivity contribution >= 4 is 28.4 Å². The van der Waals surface area contributed by atoms with Crippen LogP contribution in [-0.2, 0) is 5.75 Å². The van der Waals surface area contributed by atoms with E-state index in [0.29, 0.717) is 33.8 Å². The molecule has 0 aliphatic rings. The first kappa shape index (κ1) is 21.3. The molecule has 3 heterocycles. The number of hydrogen-bond acceptors (Lipinski definition) is 7. The van der Waals surface area contributed by atoms with E-state index in [1.165, 1.54) is 11.8 Å². The number of thioether (sulfide) groups is 1. The molecule has 0 saturated carbocycles. The minimum Gasteiger partial charge on any atom is -0.338 e. The normalized spacial score (nSPS) is 11.5. The van der Waals surface area contributed by atoms with Gasteiger partial charge in [0.25, 0.3) is 5.56 Å². The van der Waals surface area contributed by atoms with Crippen molar-refractivity contribution in [3.05, 3.63) is 100 Å². The van der Waals surface area contributed by atoms with Crippen LogP contribution in [0.1, 0.15) is 17.0 Å². The van der Waals surface area contributed by atoms with Gasteiger partial charge in [-0.3, -0.25) is 9.20 Å². The number of fused-ring (bicyclic) bond motifs is 3. The van der Waals surface area contributed by atoms with Gasteiger partial charge in [0.1, 0.15) is 0 Å². The summed E-state index contributed by atoms with van der Waals surface area (Å²) >= 11 is 1.43. The molecule has 3 aromatic heterocycles. The summed E-state index contributed by atoms with van der Waals surface area (Å²) < 4.78 is 9.02. The maximum atomic E-state index is 13.6. The van der Waals surface area contributed by atoms with Gasteiger partial charge in [0.2, 0.25) is 17.5 Å². The Labute approximate surface area is 204 Å². The van der Waals surface area contributed by atoms with E-state index in [1.807, 2.05) is 91.0 Å². The van der Waals surface area contributed by atoms with Crippen LogP contribution < -0.4 is 5.56 Å². The third-order valence-electron chi connectivity index (χ3n) is 5.83. The smallest absolute Gasteiger partial charge is 0.267 e. The Morgan fingerprint density at radius 2 is 1.74 bits per heavy atom. The molecule has 0 aliphatic carbocycles. The minimum atomic E-state index is -0.129. The van der Waals surface area contributed by atoms with Crippen LogP contribution in [0, 0.1) is 13.8 Å². The molecule has 0 amide bonds. The molecule has 0 radical (unpaired) electrons. The van der Waals surface area contributed by atoms with Crippen molar-refractivity contribution in [2.24, 2.45) is 0 Å². The van der Waals surface area contributed by atoms with Gasteiger partial charge in [0, 0.05) is 5.56 Å². The quantitative estimate of drug-likeness (QED) is 0.321. The summed E-state index contributed by atoms with van der Waals surface area (Å²) in [6.07, 6.45) is 0. The molecule has 0 spiro atoms. The van der Waals surface area contributed by atoms with Gasteiger partial charge in [-0.15, -0.1) is 10.2 Å².